The standard InChI is InChI=1S/C10H7F3N2O2S/c11-10(12,13)2-8-15-6(4-18-8)7-1-5(3-17-7)9(14)16/h1,3-4H,2H2,(H2,14,16). The quantitative estimate of drug-likeness (QED) is 0.936. The first-order chi connectivity index (χ1) is 8.35. The van der Waals surface area contributed by atoms with Crippen molar-refractivity contribution in [2.45, 2.75) is 12.6 Å². The Balaban J connectivity index is 2.21. The van der Waals surface area contributed by atoms with Crippen LogP contribution in [-0.2, 0) is 6.42 Å². The van der Waals surface area contributed by atoms with Gasteiger partial charge < -0.3 is 10.2 Å². The molecule has 0 saturated heterocycles. The van der Waals surface area contributed by atoms with Gasteiger partial charge in [0.2, 0.25) is 0 Å². The van der Waals surface area contributed by atoms with Gasteiger partial charge in [0.1, 0.15) is 17.0 Å². The highest BCUT2D eigenvalue weighted by atomic mass is 32.1. The third-order valence-corrected chi connectivity index (χ3v) is 2.89. The molecule has 96 valence electrons. The van der Waals surface area contributed by atoms with Gasteiger partial charge in [-0.2, -0.15) is 13.2 Å². The number of nitrogens with zero attached hydrogens (tertiary/aromatic N) is 1. The molecule has 0 aromatic carbocycles. The average Bonchev–Trinajstić information content (AvgIpc) is 2.81. The predicted octanol–water partition coefficient (Wildman–Crippen LogP) is 2.61. The van der Waals surface area contributed by atoms with Crippen LogP contribution in [0.2, 0.25) is 0 Å². The van der Waals surface area contributed by atoms with E-state index in [0.29, 0.717) is 0 Å². The molecule has 0 aliphatic carbocycles. The number of hydrogen-bond donors (Lipinski definition) is 1. The third kappa shape index (κ3) is 2.89. The predicted molar refractivity (Wildman–Crippen MR) is 58.1 cm³/mol. The van der Waals surface area contributed by atoms with E-state index in [0.717, 1.165) is 17.6 Å². The lowest BCUT2D eigenvalue weighted by molar-refractivity contribution is -0.127. The number of carbonyl (C=O) groups excluding carboxylic acids is 1. The number of alkyl halides is 3. The van der Waals surface area contributed by atoms with E-state index in [2.05, 4.69) is 4.98 Å². The minimum atomic E-state index is -4.29. The van der Waals surface area contributed by atoms with Crippen molar-refractivity contribution in [3.8, 4) is 11.5 Å². The van der Waals surface area contributed by atoms with Crippen LogP contribution in [0.5, 0.6) is 0 Å². The molecule has 0 unspecified atom stereocenters. The Bertz CT molecular complexity index is 574. The molecule has 0 aliphatic rings. The van der Waals surface area contributed by atoms with Crippen LogP contribution in [0.4, 0.5) is 13.2 Å². The summed E-state index contributed by atoms with van der Waals surface area (Å²) in [5.41, 5.74) is 5.43. The number of hydrogen-bond acceptors (Lipinski definition) is 4. The fourth-order valence-electron chi connectivity index (χ4n) is 1.28. The minimum Gasteiger partial charge on any atom is -0.462 e. The number of carbonyl (C=O) groups is 1. The minimum absolute atomic E-state index is 0.0606. The monoisotopic (exact) mass is 276 g/mol. The number of nitrogens with two attached hydrogens (primary N) is 1. The molecule has 4 nitrogen and oxygen atoms in total. The van der Waals surface area contributed by atoms with Crippen molar-refractivity contribution in [3.63, 3.8) is 0 Å². The maximum absolute atomic E-state index is 12.1. The van der Waals surface area contributed by atoms with Crippen LogP contribution in [0.25, 0.3) is 11.5 Å². The van der Waals surface area contributed by atoms with Crippen LogP contribution in [0.15, 0.2) is 22.1 Å². The highest BCUT2D eigenvalue weighted by Gasteiger charge is 2.29. The first kappa shape index (κ1) is 12.6. The van der Waals surface area contributed by atoms with E-state index in [-0.39, 0.29) is 22.0 Å². The number of amides is 1. The van der Waals surface area contributed by atoms with Crippen molar-refractivity contribution in [1.82, 2.24) is 4.98 Å². The molecule has 2 aromatic rings. The molecule has 0 spiro atoms. The molecule has 18 heavy (non-hydrogen) atoms. The van der Waals surface area contributed by atoms with Gasteiger partial charge in [0, 0.05) is 5.38 Å². The Kier molecular flexibility index (Phi) is 3.12. The molecule has 0 saturated carbocycles. The van der Waals surface area contributed by atoms with Crippen LogP contribution in [-0.4, -0.2) is 17.1 Å². The van der Waals surface area contributed by atoms with Crippen molar-refractivity contribution in [2.24, 2.45) is 5.73 Å². The lowest BCUT2D eigenvalue weighted by Crippen LogP contribution is -2.11. The average molecular weight is 276 g/mol. The molecule has 2 rings (SSSR count). The molecular weight excluding hydrogens is 269 g/mol. The van der Waals surface area contributed by atoms with E-state index in [1.54, 1.807) is 0 Å². The Morgan fingerprint density at radius 3 is 2.78 bits per heavy atom. The number of primary amides is 1. The lowest BCUT2D eigenvalue weighted by atomic mass is 10.3. The molecule has 8 heteroatoms. The SMILES string of the molecule is NC(=O)c1coc(-c2csc(CC(F)(F)F)n2)c1. The summed E-state index contributed by atoms with van der Waals surface area (Å²) in [4.78, 5) is 14.6. The van der Waals surface area contributed by atoms with Gasteiger partial charge in [0.05, 0.1) is 12.0 Å². The number of thiazole rings is 1. The molecule has 0 fully saturated rings. The highest BCUT2D eigenvalue weighted by Crippen LogP contribution is 2.28. The van der Waals surface area contributed by atoms with E-state index < -0.39 is 18.5 Å². The van der Waals surface area contributed by atoms with Crippen LogP contribution in [0.1, 0.15) is 15.4 Å². The van der Waals surface area contributed by atoms with Gasteiger partial charge in [-0.25, -0.2) is 4.98 Å². The number of aromatic nitrogens is 1. The Morgan fingerprint density at radius 2 is 2.22 bits per heavy atom. The second-order valence-corrected chi connectivity index (χ2v) is 4.42. The second kappa shape index (κ2) is 4.45. The normalized spacial score (nSPS) is 11.7. The summed E-state index contributed by atoms with van der Waals surface area (Å²) in [6.45, 7) is 0. The van der Waals surface area contributed by atoms with Crippen LogP contribution in [0, 0.1) is 0 Å². The maximum atomic E-state index is 12.1. The van der Waals surface area contributed by atoms with Crippen molar-refractivity contribution in [2.75, 3.05) is 0 Å². The van der Waals surface area contributed by atoms with E-state index in [1.807, 2.05) is 0 Å². The van der Waals surface area contributed by atoms with Crippen LogP contribution in [0.3, 0.4) is 0 Å². The summed E-state index contributed by atoms with van der Waals surface area (Å²) in [7, 11) is 0. The number of rotatable bonds is 3. The van der Waals surface area contributed by atoms with Crippen molar-refractivity contribution in [1.29, 1.82) is 0 Å². The summed E-state index contributed by atoms with van der Waals surface area (Å²) in [6.07, 6.45) is -4.24. The van der Waals surface area contributed by atoms with Gasteiger partial charge in [-0.05, 0) is 6.07 Å². The smallest absolute Gasteiger partial charge is 0.395 e. The molecule has 2 heterocycles. The summed E-state index contributed by atoms with van der Waals surface area (Å²) >= 11 is 0.882. The Morgan fingerprint density at radius 1 is 1.50 bits per heavy atom. The third-order valence-electron chi connectivity index (χ3n) is 2.04. The molecule has 0 aliphatic heterocycles. The molecule has 1 amide bonds. The van der Waals surface area contributed by atoms with Crippen molar-refractivity contribution < 1.29 is 22.4 Å². The van der Waals surface area contributed by atoms with E-state index >= 15 is 0 Å². The molecule has 0 bridgehead atoms. The Labute approximate surface area is 103 Å². The van der Waals surface area contributed by atoms with Crippen molar-refractivity contribution >= 4 is 17.2 Å². The molecule has 0 radical (unpaired) electrons. The zero-order chi connectivity index (χ0) is 13.3. The first-order valence-corrected chi connectivity index (χ1v) is 5.63. The van der Waals surface area contributed by atoms with Gasteiger partial charge in [-0.15, -0.1) is 11.3 Å². The lowest BCUT2D eigenvalue weighted by Gasteiger charge is -2.01. The van der Waals surface area contributed by atoms with E-state index in [9.17, 15) is 18.0 Å². The summed E-state index contributed by atoms with van der Waals surface area (Å²) in [5.74, 6) is -0.454. The fourth-order valence-corrected chi connectivity index (χ4v) is 2.09. The molecule has 2 N–H and O–H groups in total. The number of halogens is 3. The van der Waals surface area contributed by atoms with Gasteiger partial charge in [0.25, 0.3) is 5.91 Å². The van der Waals surface area contributed by atoms with Crippen LogP contribution >= 0.6 is 11.3 Å². The van der Waals surface area contributed by atoms with Gasteiger partial charge in [0.15, 0.2) is 5.76 Å². The zero-order valence-corrected chi connectivity index (χ0v) is 9.64. The maximum Gasteiger partial charge on any atom is 0.395 e. The van der Waals surface area contributed by atoms with Crippen molar-refractivity contribution in [3.05, 3.63) is 28.3 Å². The van der Waals surface area contributed by atoms with Gasteiger partial charge in [-0.3, -0.25) is 4.79 Å². The summed E-state index contributed by atoms with van der Waals surface area (Å²) in [6, 6.07) is 1.34. The topological polar surface area (TPSA) is 69.1 Å². The molecule has 2 aromatic heterocycles. The van der Waals surface area contributed by atoms with Gasteiger partial charge in [-0.1, -0.05) is 0 Å². The zero-order valence-electron chi connectivity index (χ0n) is 8.82. The number of furan rings is 1. The molecule has 0 atom stereocenters. The highest BCUT2D eigenvalue weighted by molar-refractivity contribution is 7.09. The van der Waals surface area contributed by atoms with Crippen LogP contribution < -0.4 is 5.73 Å². The Hall–Kier alpha value is -1.83. The summed E-state index contributed by atoms with van der Waals surface area (Å²) in [5, 5.41) is 1.37. The van der Waals surface area contributed by atoms with Gasteiger partial charge >= 0.3 is 6.18 Å². The largest absolute Gasteiger partial charge is 0.462 e. The summed E-state index contributed by atoms with van der Waals surface area (Å²) < 4.78 is 41.5. The fraction of sp³-hybridized carbons (Fsp3) is 0.200. The molecular formula is C10H7F3N2O2S. The second-order valence-electron chi connectivity index (χ2n) is 3.48. The first-order valence-electron chi connectivity index (χ1n) is 4.75. The van der Waals surface area contributed by atoms with E-state index in [1.165, 1.54) is 11.4 Å². The van der Waals surface area contributed by atoms with E-state index in [4.69, 9.17) is 10.2 Å².